The fourth-order valence-corrected chi connectivity index (χ4v) is 3.09. The smallest absolute Gasteiger partial charge is 0.323 e. The summed E-state index contributed by atoms with van der Waals surface area (Å²) in [5.74, 6) is 0.0201. The topological polar surface area (TPSA) is 101 Å². The molecule has 31 heavy (non-hydrogen) atoms. The Bertz CT molecular complexity index is 1320. The number of urea groups is 1. The number of aryl methyl sites for hydroxylation is 1. The Morgan fingerprint density at radius 2 is 1.55 bits per heavy atom. The van der Waals surface area contributed by atoms with Crippen molar-refractivity contribution in [3.63, 3.8) is 0 Å². The molecule has 0 fully saturated rings. The molecule has 0 saturated carbocycles. The lowest BCUT2D eigenvalue weighted by atomic mass is 10.1. The number of hydrogen-bond donors (Lipinski definition) is 3. The molecule has 0 saturated heterocycles. The van der Waals surface area contributed by atoms with Gasteiger partial charge in [-0.15, -0.1) is 0 Å². The summed E-state index contributed by atoms with van der Waals surface area (Å²) in [7, 11) is 3.38. The fourth-order valence-electron chi connectivity index (χ4n) is 3.09. The van der Waals surface area contributed by atoms with Crippen molar-refractivity contribution in [1.29, 1.82) is 0 Å². The Balaban J connectivity index is 1.61. The molecule has 2 amide bonds. The highest BCUT2D eigenvalue weighted by Crippen LogP contribution is 2.26. The minimum Gasteiger partial charge on any atom is -0.357 e. The van der Waals surface area contributed by atoms with Crippen LogP contribution in [0.5, 0.6) is 0 Å². The largest absolute Gasteiger partial charge is 0.357 e. The first-order chi connectivity index (χ1) is 14.9. The van der Waals surface area contributed by atoms with Crippen LogP contribution in [0.15, 0.2) is 65.6 Å². The maximum Gasteiger partial charge on any atom is 0.323 e. The average molecular weight is 418 g/mol. The van der Waals surface area contributed by atoms with Crippen molar-refractivity contribution in [2.45, 2.75) is 0 Å². The number of benzene rings is 2. The van der Waals surface area contributed by atoms with Gasteiger partial charge in [-0.1, -0.05) is 12.1 Å². The third kappa shape index (κ3) is 4.20. The van der Waals surface area contributed by atoms with Gasteiger partial charge in [0.25, 0.3) is 5.56 Å². The van der Waals surface area contributed by atoms with E-state index in [4.69, 9.17) is 0 Å². The number of rotatable bonds is 4. The van der Waals surface area contributed by atoms with Gasteiger partial charge < -0.3 is 20.5 Å². The summed E-state index contributed by atoms with van der Waals surface area (Å²) >= 11 is 0. The van der Waals surface area contributed by atoms with Crippen LogP contribution in [-0.2, 0) is 7.05 Å². The summed E-state index contributed by atoms with van der Waals surface area (Å²) < 4.78 is 14.5. The first-order valence-electron chi connectivity index (χ1n) is 9.44. The standard InChI is InChI=1S/C22H19FN6O2/c1-24-21-27-17-11-12-29(2)20(30)18(17)19(28-21)13-3-7-15(8-4-13)25-22(31)26-16-9-5-14(23)6-10-16/h3-12H,1-2H3,(H,24,27,28)(H2,25,26,31). The molecule has 0 radical (unpaired) electrons. The first kappa shape index (κ1) is 20.0. The van der Waals surface area contributed by atoms with E-state index in [1.54, 1.807) is 50.6 Å². The number of nitrogens with one attached hydrogen (secondary N) is 3. The Morgan fingerprint density at radius 3 is 2.16 bits per heavy atom. The number of nitrogens with zero attached hydrogens (tertiary/aromatic N) is 3. The molecular formula is C22H19FN6O2. The second-order valence-corrected chi connectivity index (χ2v) is 6.80. The number of pyridine rings is 1. The number of amides is 2. The van der Waals surface area contributed by atoms with E-state index in [2.05, 4.69) is 25.9 Å². The molecule has 0 unspecified atom stereocenters. The van der Waals surface area contributed by atoms with E-state index in [-0.39, 0.29) is 11.4 Å². The molecule has 4 aromatic rings. The molecule has 0 spiro atoms. The van der Waals surface area contributed by atoms with Gasteiger partial charge >= 0.3 is 6.03 Å². The number of carbonyl (C=O) groups is 1. The molecule has 0 aliphatic heterocycles. The van der Waals surface area contributed by atoms with E-state index < -0.39 is 6.03 Å². The summed E-state index contributed by atoms with van der Waals surface area (Å²) in [4.78, 5) is 33.7. The summed E-state index contributed by atoms with van der Waals surface area (Å²) in [5.41, 5.74) is 2.56. The highest BCUT2D eigenvalue weighted by molar-refractivity contribution is 6.00. The van der Waals surface area contributed by atoms with Crippen LogP contribution in [0.25, 0.3) is 22.2 Å². The van der Waals surface area contributed by atoms with Crippen molar-refractivity contribution in [2.24, 2.45) is 7.05 Å². The lowest BCUT2D eigenvalue weighted by Crippen LogP contribution is -2.19. The zero-order valence-corrected chi connectivity index (χ0v) is 16.8. The van der Waals surface area contributed by atoms with Crippen molar-refractivity contribution < 1.29 is 9.18 Å². The highest BCUT2D eigenvalue weighted by Gasteiger charge is 2.14. The van der Waals surface area contributed by atoms with E-state index in [0.29, 0.717) is 39.5 Å². The monoisotopic (exact) mass is 418 g/mol. The van der Waals surface area contributed by atoms with Crippen LogP contribution in [0.4, 0.5) is 26.5 Å². The molecule has 4 rings (SSSR count). The van der Waals surface area contributed by atoms with Gasteiger partial charge in [0, 0.05) is 37.2 Å². The van der Waals surface area contributed by atoms with Gasteiger partial charge in [-0.2, -0.15) is 0 Å². The number of halogens is 1. The summed E-state index contributed by atoms with van der Waals surface area (Å²) in [6.07, 6.45) is 1.66. The second kappa shape index (κ2) is 8.23. The van der Waals surface area contributed by atoms with Crippen LogP contribution in [0.3, 0.4) is 0 Å². The number of anilines is 3. The maximum atomic E-state index is 13.0. The van der Waals surface area contributed by atoms with E-state index in [9.17, 15) is 14.0 Å². The fraction of sp³-hybridized carbons (Fsp3) is 0.0909. The van der Waals surface area contributed by atoms with E-state index in [1.807, 2.05) is 0 Å². The van der Waals surface area contributed by atoms with E-state index >= 15 is 0 Å². The number of hydrogen-bond acceptors (Lipinski definition) is 5. The molecule has 3 N–H and O–H groups in total. The number of carbonyl (C=O) groups excluding carboxylic acids is 1. The first-order valence-corrected chi connectivity index (χ1v) is 9.44. The van der Waals surface area contributed by atoms with Gasteiger partial charge in [0.2, 0.25) is 5.95 Å². The second-order valence-electron chi connectivity index (χ2n) is 6.80. The van der Waals surface area contributed by atoms with Crippen LogP contribution in [-0.4, -0.2) is 27.6 Å². The minimum atomic E-state index is -0.460. The van der Waals surface area contributed by atoms with Gasteiger partial charge in [0.05, 0.1) is 16.6 Å². The molecule has 0 bridgehead atoms. The molecule has 156 valence electrons. The van der Waals surface area contributed by atoms with E-state index in [0.717, 1.165) is 0 Å². The van der Waals surface area contributed by atoms with Crippen LogP contribution >= 0.6 is 0 Å². The van der Waals surface area contributed by atoms with Gasteiger partial charge in [-0.05, 0) is 42.5 Å². The number of aromatic nitrogens is 3. The zero-order valence-electron chi connectivity index (χ0n) is 16.8. The quantitative estimate of drug-likeness (QED) is 0.468. The predicted molar refractivity (Wildman–Crippen MR) is 119 cm³/mol. The molecule has 0 atom stereocenters. The lowest BCUT2D eigenvalue weighted by molar-refractivity contribution is 0.262. The van der Waals surface area contributed by atoms with E-state index in [1.165, 1.54) is 28.8 Å². The molecule has 2 aromatic carbocycles. The summed E-state index contributed by atoms with van der Waals surface area (Å²) in [5, 5.41) is 8.66. The van der Waals surface area contributed by atoms with Crippen molar-refractivity contribution in [2.75, 3.05) is 23.0 Å². The number of fused-ring (bicyclic) bond motifs is 1. The van der Waals surface area contributed by atoms with Crippen molar-refractivity contribution in [3.05, 3.63) is 77.0 Å². The third-order valence-electron chi connectivity index (χ3n) is 4.67. The van der Waals surface area contributed by atoms with Crippen molar-refractivity contribution >= 4 is 34.3 Å². The van der Waals surface area contributed by atoms with Crippen LogP contribution in [0.1, 0.15) is 0 Å². The Kier molecular flexibility index (Phi) is 5.31. The van der Waals surface area contributed by atoms with Gasteiger partial charge in [-0.25, -0.2) is 19.2 Å². The Hall–Kier alpha value is -4.27. The SMILES string of the molecule is CNc1nc(-c2ccc(NC(=O)Nc3ccc(F)cc3)cc2)c2c(=O)n(C)ccc2n1. The molecular weight excluding hydrogens is 399 g/mol. The minimum absolute atomic E-state index is 0.198. The van der Waals surface area contributed by atoms with Gasteiger partial charge in [0.1, 0.15) is 5.82 Å². The van der Waals surface area contributed by atoms with Gasteiger partial charge in [-0.3, -0.25) is 4.79 Å². The van der Waals surface area contributed by atoms with Crippen LogP contribution < -0.4 is 21.5 Å². The normalized spacial score (nSPS) is 10.7. The Morgan fingerprint density at radius 1 is 0.935 bits per heavy atom. The molecule has 2 aromatic heterocycles. The summed E-state index contributed by atoms with van der Waals surface area (Å²) in [6.45, 7) is 0. The zero-order chi connectivity index (χ0) is 22.0. The molecule has 9 heteroatoms. The molecule has 8 nitrogen and oxygen atoms in total. The van der Waals surface area contributed by atoms with Crippen LogP contribution in [0, 0.1) is 5.82 Å². The van der Waals surface area contributed by atoms with Crippen molar-refractivity contribution in [1.82, 2.24) is 14.5 Å². The Labute approximate surface area is 176 Å². The predicted octanol–water partition coefficient (Wildman–Crippen LogP) is 3.82. The van der Waals surface area contributed by atoms with Gasteiger partial charge in [0.15, 0.2) is 0 Å². The third-order valence-corrected chi connectivity index (χ3v) is 4.67. The molecule has 0 aliphatic rings. The highest BCUT2D eigenvalue weighted by atomic mass is 19.1. The average Bonchev–Trinajstić information content (AvgIpc) is 2.77. The van der Waals surface area contributed by atoms with Crippen molar-refractivity contribution in [3.8, 4) is 11.3 Å². The lowest BCUT2D eigenvalue weighted by Gasteiger charge is -2.11. The molecule has 0 aliphatic carbocycles. The maximum absolute atomic E-state index is 13.0. The summed E-state index contributed by atoms with van der Waals surface area (Å²) in [6, 6.07) is 13.7. The molecule has 2 heterocycles. The van der Waals surface area contributed by atoms with Crippen LogP contribution in [0.2, 0.25) is 0 Å².